The summed E-state index contributed by atoms with van der Waals surface area (Å²) in [6.07, 6.45) is 12.2. The van der Waals surface area contributed by atoms with Gasteiger partial charge in [-0.1, -0.05) is 24.3 Å². The summed E-state index contributed by atoms with van der Waals surface area (Å²) < 4.78 is 12.9. The molecule has 0 N–H and O–H groups in total. The van der Waals surface area contributed by atoms with Crippen molar-refractivity contribution in [1.82, 2.24) is 0 Å². The molecule has 12 aliphatic rings. The Hall–Kier alpha value is -0.600. The van der Waals surface area contributed by atoms with Gasteiger partial charge in [0.25, 0.3) is 0 Å². The Morgan fingerprint density at radius 3 is 1.08 bits per heavy atom. The Bertz CT molecular complexity index is 821. The molecule has 0 aromatic carbocycles. The van der Waals surface area contributed by atoms with E-state index in [1.807, 2.05) is 0 Å². The van der Waals surface area contributed by atoms with Crippen LogP contribution in [-0.2, 0) is 9.47 Å². The van der Waals surface area contributed by atoms with E-state index in [0.29, 0.717) is 33.9 Å². The van der Waals surface area contributed by atoms with Gasteiger partial charge in [-0.05, 0) is 92.7 Å². The van der Waals surface area contributed by atoms with Gasteiger partial charge in [-0.2, -0.15) is 0 Å². The van der Waals surface area contributed by atoms with Crippen molar-refractivity contribution in [2.24, 2.45) is 92.7 Å². The molecule has 12 aliphatic carbocycles. The van der Waals surface area contributed by atoms with E-state index < -0.39 is 0 Å². The Labute approximate surface area is 153 Å². The van der Waals surface area contributed by atoms with Gasteiger partial charge in [-0.25, -0.2) is 0 Å². The normalized spacial score (nSPS) is 91.3. The van der Waals surface area contributed by atoms with Crippen LogP contribution in [0, 0.1) is 92.7 Å². The number of ether oxygens (including phenoxy) is 2. The van der Waals surface area contributed by atoms with E-state index in [-0.39, 0.29) is 0 Å². The molecule has 4 spiro atoms. The van der Waals surface area contributed by atoms with E-state index in [1.165, 1.54) is 0 Å². The van der Waals surface area contributed by atoms with E-state index in [1.54, 1.807) is 0 Å². The lowest BCUT2D eigenvalue weighted by atomic mass is 9.22. The molecule has 2 nitrogen and oxygen atoms in total. The summed E-state index contributed by atoms with van der Waals surface area (Å²) >= 11 is 0. The molecule has 2 heteroatoms. The molecular weight excluding hydrogens is 320 g/mol. The van der Waals surface area contributed by atoms with Crippen LogP contribution >= 0.6 is 0 Å². The fourth-order valence-corrected chi connectivity index (χ4v) is 16.4. The molecule has 26 heavy (non-hydrogen) atoms. The Morgan fingerprint density at radius 1 is 0.500 bits per heavy atom. The van der Waals surface area contributed by atoms with Crippen LogP contribution in [0.4, 0.5) is 0 Å². The summed E-state index contributed by atoms with van der Waals surface area (Å²) in [5.41, 5.74) is 2.52. The maximum atomic E-state index is 6.45. The lowest BCUT2D eigenvalue weighted by molar-refractivity contribution is -0.334. The van der Waals surface area contributed by atoms with Crippen molar-refractivity contribution < 1.29 is 9.47 Å². The maximum absolute atomic E-state index is 6.45. The summed E-state index contributed by atoms with van der Waals surface area (Å²) in [6.45, 7) is 0. The smallest absolute Gasteiger partial charge is 0.0645 e. The van der Waals surface area contributed by atoms with Gasteiger partial charge in [0, 0.05) is 14.2 Å². The van der Waals surface area contributed by atoms with Gasteiger partial charge in [0.2, 0.25) is 0 Å². The average Bonchev–Trinajstić information content (AvgIpc) is 3.39. The average molecular weight is 344 g/mol. The van der Waals surface area contributed by atoms with E-state index in [4.69, 9.17) is 9.47 Å². The summed E-state index contributed by atoms with van der Waals surface area (Å²) in [5.74, 6) is 10.9. The zero-order valence-corrected chi connectivity index (χ0v) is 15.2. The molecule has 8 unspecified atom stereocenters. The fourth-order valence-electron chi connectivity index (χ4n) is 16.4. The van der Waals surface area contributed by atoms with Crippen LogP contribution in [0.3, 0.4) is 0 Å². The molecule has 0 heterocycles. The van der Waals surface area contributed by atoms with E-state index >= 15 is 0 Å². The van der Waals surface area contributed by atoms with Gasteiger partial charge in [-0.15, -0.1) is 0 Å². The molecule has 0 radical (unpaired) electrons. The lowest BCUT2D eigenvalue weighted by Gasteiger charge is -2.80. The molecule has 0 aliphatic heterocycles. The van der Waals surface area contributed by atoms with E-state index in [0.717, 1.165) is 71.0 Å². The second-order valence-corrected chi connectivity index (χ2v) is 12.2. The first kappa shape index (κ1) is 12.1. The highest BCUT2D eigenvalue weighted by Gasteiger charge is 3.19. The first-order valence-corrected chi connectivity index (χ1v) is 11.3. The second-order valence-electron chi connectivity index (χ2n) is 12.2. The number of hydrogen-bond donors (Lipinski definition) is 0. The minimum absolute atomic E-state index is 0.582. The van der Waals surface area contributed by atoms with Crippen molar-refractivity contribution >= 4 is 0 Å². The third-order valence-corrected chi connectivity index (χ3v) is 14.2. The lowest BCUT2D eigenvalue weighted by Crippen LogP contribution is -2.78. The van der Waals surface area contributed by atoms with Crippen LogP contribution in [-0.4, -0.2) is 26.4 Å². The van der Waals surface area contributed by atoms with Crippen molar-refractivity contribution in [3.8, 4) is 0 Å². The van der Waals surface area contributed by atoms with Gasteiger partial charge >= 0.3 is 0 Å². The number of methoxy groups -OCH3 is 2. The van der Waals surface area contributed by atoms with Gasteiger partial charge in [-0.3, -0.25) is 0 Å². The minimum Gasteiger partial charge on any atom is -0.381 e. The van der Waals surface area contributed by atoms with E-state index in [2.05, 4.69) is 38.5 Å². The first-order valence-electron chi connectivity index (χ1n) is 11.3. The predicted molar refractivity (Wildman–Crippen MR) is 91.5 cm³/mol. The van der Waals surface area contributed by atoms with Gasteiger partial charge in [0.05, 0.1) is 12.2 Å². The highest BCUT2D eigenvalue weighted by atomic mass is 16.5. The van der Waals surface area contributed by atoms with Gasteiger partial charge in [0.1, 0.15) is 0 Å². The van der Waals surface area contributed by atoms with Crippen molar-refractivity contribution in [3.63, 3.8) is 0 Å². The molecule has 0 aromatic rings. The van der Waals surface area contributed by atoms with Crippen molar-refractivity contribution in [2.45, 2.75) is 12.2 Å². The quantitative estimate of drug-likeness (QED) is 0.717. The maximum Gasteiger partial charge on any atom is 0.0645 e. The molecule has 0 amide bonds. The standard InChI is InChI=1S/C24H24O2/c1-25-19-15-13-14-16(19)22-8-4-3-7-11-9-5-6-10(12(8)11)24(22)18(14)20(26-2)17(13)23(9,24)21(7,15)22/h3-20H,1-2H3. The second kappa shape index (κ2) is 2.62. The third kappa shape index (κ3) is 0.499. The fraction of sp³-hybridized carbons (Fsp3) is 0.833. The molecule has 0 aromatic heterocycles. The molecule has 9 saturated carbocycles. The number of hydrogen-bond acceptors (Lipinski definition) is 2. The topological polar surface area (TPSA) is 18.5 Å². The van der Waals surface area contributed by atoms with Gasteiger partial charge < -0.3 is 9.47 Å². The molecule has 132 valence electrons. The molecule has 12 rings (SSSR count). The van der Waals surface area contributed by atoms with Crippen molar-refractivity contribution in [1.29, 1.82) is 0 Å². The van der Waals surface area contributed by atoms with Gasteiger partial charge in [0.15, 0.2) is 0 Å². The number of rotatable bonds is 2. The van der Waals surface area contributed by atoms with Crippen molar-refractivity contribution in [3.05, 3.63) is 24.3 Å². The highest BCUT2D eigenvalue weighted by molar-refractivity contribution is 5.68. The zero-order valence-electron chi connectivity index (χ0n) is 15.2. The SMILES string of the molecule is COC1C2C3C4C1C15C6C=CC7C8C6C6C=CC8C8(C3C(OC)C4C618)C725. The minimum atomic E-state index is 0.582. The van der Waals surface area contributed by atoms with Crippen LogP contribution < -0.4 is 0 Å². The largest absolute Gasteiger partial charge is 0.381 e. The molecule has 0 saturated heterocycles. The Balaban J connectivity index is 1.45. The van der Waals surface area contributed by atoms with Crippen molar-refractivity contribution in [2.75, 3.05) is 14.2 Å². The molecule has 8 atom stereocenters. The highest BCUT2D eigenvalue weighted by Crippen LogP contribution is 3.19. The summed E-state index contributed by atoms with van der Waals surface area (Å²) in [6, 6.07) is 0. The molecular formula is C24H24O2. The Morgan fingerprint density at radius 2 is 0.808 bits per heavy atom. The Kier molecular flexibility index (Phi) is 1.22. The summed E-state index contributed by atoms with van der Waals surface area (Å²) in [4.78, 5) is 0. The number of allylic oxidation sites excluding steroid dienone is 4. The predicted octanol–water partition coefficient (Wildman–Crippen LogP) is 2.62. The van der Waals surface area contributed by atoms with Crippen LogP contribution in [0.5, 0.6) is 0 Å². The molecule has 9 fully saturated rings. The van der Waals surface area contributed by atoms with Crippen LogP contribution in [0.15, 0.2) is 24.3 Å². The van der Waals surface area contributed by atoms with Crippen LogP contribution in [0.25, 0.3) is 0 Å². The van der Waals surface area contributed by atoms with E-state index in [9.17, 15) is 0 Å². The zero-order chi connectivity index (χ0) is 16.3. The molecule has 6 bridgehead atoms. The third-order valence-electron chi connectivity index (χ3n) is 14.2. The monoisotopic (exact) mass is 344 g/mol. The summed E-state index contributed by atoms with van der Waals surface area (Å²) in [7, 11) is 4.11. The summed E-state index contributed by atoms with van der Waals surface area (Å²) in [5, 5.41) is 0. The van der Waals surface area contributed by atoms with Crippen LogP contribution in [0.2, 0.25) is 0 Å². The van der Waals surface area contributed by atoms with Crippen LogP contribution in [0.1, 0.15) is 0 Å². The first-order chi connectivity index (χ1) is 12.8.